The summed E-state index contributed by atoms with van der Waals surface area (Å²) < 4.78 is 38.7. The van der Waals surface area contributed by atoms with E-state index in [0.717, 1.165) is 21.3 Å². The van der Waals surface area contributed by atoms with E-state index >= 15 is 0 Å². The van der Waals surface area contributed by atoms with Gasteiger partial charge in [-0.05, 0) is 41.8 Å². The van der Waals surface area contributed by atoms with Gasteiger partial charge in [0.1, 0.15) is 0 Å². The molecule has 0 amide bonds. The van der Waals surface area contributed by atoms with Crippen LogP contribution in [0.5, 0.6) is 0 Å². The predicted octanol–water partition coefficient (Wildman–Crippen LogP) is 4.98. The van der Waals surface area contributed by atoms with Crippen LogP contribution in [0.15, 0.2) is 48.7 Å². The lowest BCUT2D eigenvalue weighted by Gasteiger charge is -2.05. The van der Waals surface area contributed by atoms with Crippen molar-refractivity contribution in [2.75, 3.05) is 0 Å². The molecule has 3 aromatic rings. The summed E-state index contributed by atoms with van der Waals surface area (Å²) in [6.45, 7) is 0. The second kappa shape index (κ2) is 4.35. The number of fused-ring (bicyclic) bond motifs is 1. The highest BCUT2D eigenvalue weighted by Crippen LogP contribution is 2.36. The standard InChI is InChI=1S/C14H8F3NS/c15-14(16,17)10-4-5-12-9(7-10)8-13(19-12)11-3-1-2-6-18-11/h1-8H. The minimum Gasteiger partial charge on any atom is -0.255 e. The fraction of sp³-hybridized carbons (Fsp3) is 0.0714. The fourth-order valence-electron chi connectivity index (χ4n) is 1.85. The summed E-state index contributed by atoms with van der Waals surface area (Å²) in [5, 5.41) is 0.598. The van der Waals surface area contributed by atoms with Crippen LogP contribution < -0.4 is 0 Å². The molecule has 0 aliphatic rings. The zero-order valence-electron chi connectivity index (χ0n) is 9.61. The molecular formula is C14H8F3NS. The van der Waals surface area contributed by atoms with Gasteiger partial charge in [0.05, 0.1) is 16.1 Å². The Hall–Kier alpha value is -1.88. The molecule has 0 N–H and O–H groups in total. The Bertz CT molecular complexity index is 716. The number of benzene rings is 1. The number of rotatable bonds is 1. The van der Waals surface area contributed by atoms with Gasteiger partial charge < -0.3 is 0 Å². The van der Waals surface area contributed by atoms with E-state index in [1.165, 1.54) is 23.5 Å². The highest BCUT2D eigenvalue weighted by molar-refractivity contribution is 7.22. The average molecular weight is 279 g/mol. The Labute approximate surface area is 111 Å². The van der Waals surface area contributed by atoms with Gasteiger partial charge in [-0.1, -0.05) is 6.07 Å². The zero-order chi connectivity index (χ0) is 13.5. The van der Waals surface area contributed by atoms with Crippen LogP contribution >= 0.6 is 11.3 Å². The SMILES string of the molecule is FC(F)(F)c1ccc2sc(-c3ccccn3)cc2c1. The lowest BCUT2D eigenvalue weighted by atomic mass is 10.1. The van der Waals surface area contributed by atoms with Crippen molar-refractivity contribution in [2.24, 2.45) is 0 Å². The van der Waals surface area contributed by atoms with E-state index in [1.54, 1.807) is 18.3 Å². The topological polar surface area (TPSA) is 12.9 Å². The molecule has 19 heavy (non-hydrogen) atoms. The Morgan fingerprint density at radius 2 is 1.84 bits per heavy atom. The molecule has 0 atom stereocenters. The third-order valence-corrected chi connectivity index (χ3v) is 3.90. The van der Waals surface area contributed by atoms with Crippen LogP contribution in [0.2, 0.25) is 0 Å². The molecular weight excluding hydrogens is 271 g/mol. The number of aromatic nitrogens is 1. The number of halogens is 3. The summed E-state index contributed by atoms with van der Waals surface area (Å²) in [6.07, 6.45) is -2.64. The second-order valence-electron chi connectivity index (χ2n) is 4.08. The number of hydrogen-bond acceptors (Lipinski definition) is 2. The van der Waals surface area contributed by atoms with Crippen molar-refractivity contribution in [3.63, 3.8) is 0 Å². The predicted molar refractivity (Wildman–Crippen MR) is 70.1 cm³/mol. The van der Waals surface area contributed by atoms with Crippen LogP contribution in [0, 0.1) is 0 Å². The normalized spacial score (nSPS) is 11.9. The molecule has 96 valence electrons. The van der Waals surface area contributed by atoms with Crippen LogP contribution in [0.4, 0.5) is 13.2 Å². The molecule has 2 aromatic heterocycles. The Balaban J connectivity index is 2.12. The minimum atomic E-state index is -4.30. The van der Waals surface area contributed by atoms with E-state index in [-0.39, 0.29) is 0 Å². The molecule has 2 heterocycles. The first-order chi connectivity index (χ1) is 9.04. The third-order valence-electron chi connectivity index (χ3n) is 2.76. The largest absolute Gasteiger partial charge is 0.416 e. The highest BCUT2D eigenvalue weighted by Gasteiger charge is 2.30. The van der Waals surface area contributed by atoms with Crippen molar-refractivity contribution < 1.29 is 13.2 Å². The van der Waals surface area contributed by atoms with Gasteiger partial charge in [-0.3, -0.25) is 4.98 Å². The van der Waals surface area contributed by atoms with E-state index in [0.29, 0.717) is 5.39 Å². The lowest BCUT2D eigenvalue weighted by molar-refractivity contribution is -0.137. The van der Waals surface area contributed by atoms with Gasteiger partial charge in [-0.25, -0.2) is 0 Å². The molecule has 1 nitrogen and oxygen atoms in total. The smallest absolute Gasteiger partial charge is 0.255 e. The summed E-state index contributed by atoms with van der Waals surface area (Å²) in [7, 11) is 0. The first kappa shape index (κ1) is 12.2. The van der Waals surface area contributed by atoms with Gasteiger partial charge in [0.15, 0.2) is 0 Å². The molecule has 3 rings (SSSR count). The van der Waals surface area contributed by atoms with Gasteiger partial charge in [0.2, 0.25) is 0 Å². The van der Waals surface area contributed by atoms with Crippen molar-refractivity contribution in [3.8, 4) is 10.6 Å². The number of alkyl halides is 3. The molecule has 0 bridgehead atoms. The zero-order valence-corrected chi connectivity index (χ0v) is 10.4. The van der Waals surface area contributed by atoms with E-state index in [1.807, 2.05) is 12.1 Å². The van der Waals surface area contributed by atoms with Crippen LogP contribution in [0.1, 0.15) is 5.56 Å². The molecule has 0 fully saturated rings. The average Bonchev–Trinajstić information content (AvgIpc) is 2.81. The first-order valence-electron chi connectivity index (χ1n) is 5.56. The summed E-state index contributed by atoms with van der Waals surface area (Å²) in [5.74, 6) is 0. The number of pyridine rings is 1. The van der Waals surface area contributed by atoms with Crippen molar-refractivity contribution in [3.05, 3.63) is 54.2 Å². The van der Waals surface area contributed by atoms with Crippen molar-refractivity contribution in [2.45, 2.75) is 6.18 Å². The quantitative estimate of drug-likeness (QED) is 0.612. The van der Waals surface area contributed by atoms with Crippen LogP contribution in [0.25, 0.3) is 20.7 Å². The monoisotopic (exact) mass is 279 g/mol. The lowest BCUT2D eigenvalue weighted by Crippen LogP contribution is -2.03. The molecule has 5 heteroatoms. The van der Waals surface area contributed by atoms with Gasteiger partial charge in [-0.2, -0.15) is 13.2 Å². The molecule has 0 radical (unpaired) electrons. The van der Waals surface area contributed by atoms with E-state index in [9.17, 15) is 13.2 Å². The third kappa shape index (κ3) is 2.33. The fourth-order valence-corrected chi connectivity index (χ4v) is 2.87. The Kier molecular flexibility index (Phi) is 2.78. The van der Waals surface area contributed by atoms with Gasteiger partial charge in [0.25, 0.3) is 0 Å². The molecule has 0 spiro atoms. The number of hydrogen-bond donors (Lipinski definition) is 0. The molecule has 0 aliphatic heterocycles. The van der Waals surface area contributed by atoms with Crippen molar-refractivity contribution in [1.29, 1.82) is 0 Å². The maximum Gasteiger partial charge on any atom is 0.416 e. The molecule has 0 saturated heterocycles. The molecule has 0 unspecified atom stereocenters. The van der Waals surface area contributed by atoms with Gasteiger partial charge in [0, 0.05) is 10.9 Å². The minimum absolute atomic E-state index is 0.598. The van der Waals surface area contributed by atoms with Gasteiger partial charge in [-0.15, -0.1) is 11.3 Å². The highest BCUT2D eigenvalue weighted by atomic mass is 32.1. The molecule has 0 aliphatic carbocycles. The molecule has 1 aromatic carbocycles. The van der Waals surface area contributed by atoms with Crippen molar-refractivity contribution >= 4 is 21.4 Å². The van der Waals surface area contributed by atoms with Crippen LogP contribution in [0.3, 0.4) is 0 Å². The van der Waals surface area contributed by atoms with Crippen LogP contribution in [-0.2, 0) is 6.18 Å². The van der Waals surface area contributed by atoms with Crippen LogP contribution in [-0.4, -0.2) is 4.98 Å². The number of thiophene rings is 1. The maximum absolute atomic E-state index is 12.6. The van der Waals surface area contributed by atoms with Crippen molar-refractivity contribution in [1.82, 2.24) is 4.98 Å². The maximum atomic E-state index is 12.6. The Morgan fingerprint density at radius 3 is 2.53 bits per heavy atom. The summed E-state index contributed by atoms with van der Waals surface area (Å²) in [6, 6.07) is 11.0. The summed E-state index contributed by atoms with van der Waals surface area (Å²) in [4.78, 5) is 5.07. The summed E-state index contributed by atoms with van der Waals surface area (Å²) >= 11 is 1.44. The number of nitrogens with zero attached hydrogens (tertiary/aromatic N) is 1. The van der Waals surface area contributed by atoms with E-state index in [4.69, 9.17) is 0 Å². The molecule has 0 saturated carbocycles. The van der Waals surface area contributed by atoms with Gasteiger partial charge >= 0.3 is 6.18 Å². The first-order valence-corrected chi connectivity index (χ1v) is 6.38. The van der Waals surface area contributed by atoms with E-state index in [2.05, 4.69) is 4.98 Å². The second-order valence-corrected chi connectivity index (χ2v) is 5.16. The Morgan fingerprint density at radius 1 is 1.00 bits per heavy atom. The van der Waals surface area contributed by atoms with E-state index < -0.39 is 11.7 Å². The summed E-state index contributed by atoms with van der Waals surface area (Å²) in [5.41, 5.74) is 0.155.